The predicted molar refractivity (Wildman–Crippen MR) is 86.5 cm³/mol. The molecule has 0 aliphatic rings. The van der Waals surface area contributed by atoms with E-state index in [2.05, 4.69) is 40.4 Å². The molecule has 21 heavy (non-hydrogen) atoms. The molecule has 3 nitrogen and oxygen atoms in total. The third-order valence-electron chi connectivity index (χ3n) is 3.48. The molecule has 0 aliphatic heterocycles. The molecule has 3 aromatic rings. The van der Waals surface area contributed by atoms with Crippen LogP contribution in [0.25, 0.3) is 10.9 Å². The average molecular weight is 298 g/mol. The van der Waals surface area contributed by atoms with Gasteiger partial charge in [-0.15, -0.1) is 0 Å². The summed E-state index contributed by atoms with van der Waals surface area (Å²) in [5.74, 6) is 0. The summed E-state index contributed by atoms with van der Waals surface area (Å²) in [6.45, 7) is 2.94. The molecule has 0 fully saturated rings. The number of fused-ring (bicyclic) bond motifs is 1. The van der Waals surface area contributed by atoms with Gasteiger partial charge in [-0.3, -0.25) is 9.97 Å². The molecule has 0 bridgehead atoms. The van der Waals surface area contributed by atoms with Gasteiger partial charge in [0.2, 0.25) is 0 Å². The minimum Gasteiger partial charge on any atom is -0.306 e. The number of nitrogens with zero attached hydrogens (tertiary/aromatic N) is 2. The Bertz CT molecular complexity index is 758. The number of nitrogens with one attached hydrogen (secondary N) is 1. The molecular formula is C17H16ClN3. The van der Waals surface area contributed by atoms with Gasteiger partial charge in [0.1, 0.15) is 0 Å². The number of rotatable bonds is 4. The number of benzene rings is 1. The lowest BCUT2D eigenvalue weighted by Gasteiger charge is -2.20. The normalized spacial score (nSPS) is 12.5. The molecule has 0 spiro atoms. The minimum atomic E-state index is 0.0510. The summed E-state index contributed by atoms with van der Waals surface area (Å²) in [5.41, 5.74) is 3.21. The zero-order chi connectivity index (χ0) is 14.7. The molecule has 106 valence electrons. The topological polar surface area (TPSA) is 37.8 Å². The Morgan fingerprint density at radius 2 is 2.10 bits per heavy atom. The fourth-order valence-electron chi connectivity index (χ4n) is 2.51. The van der Waals surface area contributed by atoms with E-state index in [0.29, 0.717) is 5.02 Å². The van der Waals surface area contributed by atoms with Crippen LogP contribution in [0.5, 0.6) is 0 Å². The van der Waals surface area contributed by atoms with Gasteiger partial charge < -0.3 is 5.32 Å². The van der Waals surface area contributed by atoms with Gasteiger partial charge in [0, 0.05) is 24.0 Å². The molecule has 2 heterocycles. The summed E-state index contributed by atoms with van der Waals surface area (Å²) in [6.07, 6.45) is 5.27. The summed E-state index contributed by atoms with van der Waals surface area (Å²) in [4.78, 5) is 8.42. The first-order chi connectivity index (χ1) is 10.3. The van der Waals surface area contributed by atoms with Crippen molar-refractivity contribution in [3.05, 3.63) is 71.1 Å². The van der Waals surface area contributed by atoms with Crippen LogP contribution < -0.4 is 5.32 Å². The van der Waals surface area contributed by atoms with Crippen molar-refractivity contribution in [2.75, 3.05) is 6.54 Å². The highest BCUT2D eigenvalue weighted by Gasteiger charge is 2.16. The summed E-state index contributed by atoms with van der Waals surface area (Å²) in [5, 5.41) is 5.29. The van der Waals surface area contributed by atoms with Crippen molar-refractivity contribution in [3.63, 3.8) is 0 Å². The van der Waals surface area contributed by atoms with E-state index >= 15 is 0 Å². The Kier molecular flexibility index (Phi) is 4.13. The van der Waals surface area contributed by atoms with Gasteiger partial charge in [-0.1, -0.05) is 30.7 Å². The maximum Gasteiger partial charge on any atom is 0.0702 e. The summed E-state index contributed by atoms with van der Waals surface area (Å²) < 4.78 is 0. The molecule has 1 unspecified atom stereocenters. The van der Waals surface area contributed by atoms with E-state index in [1.807, 2.05) is 24.4 Å². The van der Waals surface area contributed by atoms with Gasteiger partial charge in [0.15, 0.2) is 0 Å². The zero-order valence-corrected chi connectivity index (χ0v) is 12.5. The number of aromatic nitrogens is 2. The number of hydrogen-bond acceptors (Lipinski definition) is 3. The van der Waals surface area contributed by atoms with Crippen molar-refractivity contribution < 1.29 is 0 Å². The molecule has 0 saturated carbocycles. The molecule has 0 amide bonds. The van der Waals surface area contributed by atoms with E-state index in [-0.39, 0.29) is 6.04 Å². The Morgan fingerprint density at radius 1 is 1.19 bits per heavy atom. The Labute approximate surface area is 129 Å². The zero-order valence-electron chi connectivity index (χ0n) is 11.8. The lowest BCUT2D eigenvalue weighted by atomic mass is 9.98. The number of pyridine rings is 2. The van der Waals surface area contributed by atoms with Crippen molar-refractivity contribution in [3.8, 4) is 0 Å². The van der Waals surface area contributed by atoms with E-state index in [1.54, 1.807) is 12.4 Å². The van der Waals surface area contributed by atoms with Gasteiger partial charge in [0.25, 0.3) is 0 Å². The molecule has 2 aromatic heterocycles. The minimum absolute atomic E-state index is 0.0510. The van der Waals surface area contributed by atoms with Gasteiger partial charge in [-0.25, -0.2) is 0 Å². The molecule has 1 N–H and O–H groups in total. The highest BCUT2D eigenvalue weighted by Crippen LogP contribution is 2.29. The Hall–Kier alpha value is -1.97. The second-order valence-corrected chi connectivity index (χ2v) is 5.25. The summed E-state index contributed by atoms with van der Waals surface area (Å²) in [6, 6.07) is 12.3. The number of halogens is 1. The van der Waals surface area contributed by atoms with Crippen molar-refractivity contribution in [2.45, 2.75) is 13.0 Å². The highest BCUT2D eigenvalue weighted by atomic mass is 35.5. The van der Waals surface area contributed by atoms with Crippen LogP contribution in [-0.4, -0.2) is 16.5 Å². The van der Waals surface area contributed by atoms with Crippen LogP contribution >= 0.6 is 11.6 Å². The van der Waals surface area contributed by atoms with Crippen molar-refractivity contribution in [1.29, 1.82) is 0 Å². The molecule has 0 radical (unpaired) electrons. The standard InChI is InChI=1S/C17H16ClN3/c1-2-20-17(14-7-9-19-11-15(14)18)13-5-6-16-12(10-13)4-3-8-21-16/h3-11,17,20H,2H2,1H3. The van der Waals surface area contributed by atoms with Crippen molar-refractivity contribution in [1.82, 2.24) is 15.3 Å². The molecule has 1 aromatic carbocycles. The maximum atomic E-state index is 6.31. The first-order valence-electron chi connectivity index (χ1n) is 6.97. The molecule has 0 saturated heterocycles. The predicted octanol–water partition coefficient (Wildman–Crippen LogP) is 3.98. The van der Waals surface area contributed by atoms with Gasteiger partial charge >= 0.3 is 0 Å². The van der Waals surface area contributed by atoms with Crippen LogP contribution in [-0.2, 0) is 0 Å². The van der Waals surface area contributed by atoms with E-state index < -0.39 is 0 Å². The molecule has 0 aliphatic carbocycles. The fraction of sp³-hybridized carbons (Fsp3) is 0.176. The van der Waals surface area contributed by atoms with Crippen LogP contribution in [0.2, 0.25) is 5.02 Å². The van der Waals surface area contributed by atoms with Crippen LogP contribution in [0.1, 0.15) is 24.1 Å². The van der Waals surface area contributed by atoms with Crippen LogP contribution in [0.3, 0.4) is 0 Å². The second-order valence-electron chi connectivity index (χ2n) is 4.84. The van der Waals surface area contributed by atoms with Crippen LogP contribution in [0.15, 0.2) is 55.0 Å². The smallest absolute Gasteiger partial charge is 0.0702 e. The van der Waals surface area contributed by atoms with Gasteiger partial charge in [0.05, 0.1) is 16.6 Å². The van der Waals surface area contributed by atoms with E-state index in [9.17, 15) is 0 Å². The number of hydrogen-bond donors (Lipinski definition) is 1. The first-order valence-corrected chi connectivity index (χ1v) is 7.35. The third kappa shape index (κ3) is 2.89. The Morgan fingerprint density at radius 3 is 2.90 bits per heavy atom. The fourth-order valence-corrected chi connectivity index (χ4v) is 2.73. The van der Waals surface area contributed by atoms with Crippen LogP contribution in [0.4, 0.5) is 0 Å². The first kappa shape index (κ1) is 14.0. The van der Waals surface area contributed by atoms with Crippen LogP contribution in [0, 0.1) is 0 Å². The molecule has 3 rings (SSSR count). The van der Waals surface area contributed by atoms with E-state index in [1.165, 1.54) is 5.56 Å². The van der Waals surface area contributed by atoms with Crippen molar-refractivity contribution in [2.24, 2.45) is 0 Å². The largest absolute Gasteiger partial charge is 0.306 e. The van der Waals surface area contributed by atoms with Gasteiger partial charge in [-0.2, -0.15) is 0 Å². The monoisotopic (exact) mass is 297 g/mol. The summed E-state index contributed by atoms with van der Waals surface area (Å²) in [7, 11) is 0. The molecular weight excluding hydrogens is 282 g/mol. The van der Waals surface area contributed by atoms with Crippen molar-refractivity contribution >= 4 is 22.5 Å². The molecule has 1 atom stereocenters. The average Bonchev–Trinajstić information content (AvgIpc) is 2.53. The SMILES string of the molecule is CCNC(c1ccc2ncccc2c1)c1ccncc1Cl. The lowest BCUT2D eigenvalue weighted by molar-refractivity contribution is 0.631. The summed E-state index contributed by atoms with van der Waals surface area (Å²) >= 11 is 6.31. The lowest BCUT2D eigenvalue weighted by Crippen LogP contribution is -2.22. The van der Waals surface area contributed by atoms with Gasteiger partial charge in [-0.05, 0) is 41.9 Å². The third-order valence-corrected chi connectivity index (χ3v) is 3.80. The Balaban J connectivity index is 2.09. The highest BCUT2D eigenvalue weighted by molar-refractivity contribution is 6.31. The quantitative estimate of drug-likeness (QED) is 0.791. The van der Waals surface area contributed by atoms with E-state index in [0.717, 1.165) is 23.0 Å². The second kappa shape index (κ2) is 6.20. The van der Waals surface area contributed by atoms with E-state index in [4.69, 9.17) is 11.6 Å². The molecule has 4 heteroatoms. The maximum absolute atomic E-state index is 6.31.